The second-order valence-corrected chi connectivity index (χ2v) is 15.7. The molecule has 1 unspecified atom stereocenters. The van der Waals surface area contributed by atoms with Crippen LogP contribution in [-0.4, -0.2) is 49.3 Å². The van der Waals surface area contributed by atoms with E-state index in [1.165, 1.54) is 64.2 Å². The lowest BCUT2D eigenvalue weighted by molar-refractivity contribution is -0.161. The topological polar surface area (TPSA) is 134 Å². The number of unbranched alkanes of at least 4 members (excludes halogenated alkanes) is 13. The van der Waals surface area contributed by atoms with Gasteiger partial charge >= 0.3 is 19.8 Å². The number of rotatable bonds is 40. The lowest BCUT2D eigenvalue weighted by Crippen LogP contribution is -2.29. The number of ether oxygens (including phenoxy) is 2. The third kappa shape index (κ3) is 42.6. The first-order chi connectivity index (χ1) is 27.8. The summed E-state index contributed by atoms with van der Waals surface area (Å²) in [4.78, 5) is 34.9. The molecule has 0 saturated carbocycles. The summed E-state index contributed by atoms with van der Waals surface area (Å²) in [5.74, 6) is -0.933. The zero-order valence-electron chi connectivity index (χ0n) is 35.8. The van der Waals surface area contributed by atoms with E-state index in [1.807, 2.05) is 6.08 Å². The zero-order chi connectivity index (χ0) is 41.8. The molecular formula is C47H80NO8P. The minimum atomic E-state index is -4.40. The first-order valence-corrected chi connectivity index (χ1v) is 23.6. The molecule has 0 aliphatic heterocycles. The van der Waals surface area contributed by atoms with Crippen molar-refractivity contribution < 1.29 is 37.6 Å². The van der Waals surface area contributed by atoms with Gasteiger partial charge in [-0.2, -0.15) is 0 Å². The number of carbonyl (C=O) groups excluding carboxylic acids is 2. The van der Waals surface area contributed by atoms with E-state index in [2.05, 4.69) is 92.8 Å². The van der Waals surface area contributed by atoms with Gasteiger partial charge in [0.05, 0.1) is 13.2 Å². The van der Waals surface area contributed by atoms with Gasteiger partial charge in [0, 0.05) is 19.4 Å². The summed E-state index contributed by atoms with van der Waals surface area (Å²) in [6, 6.07) is 0. The van der Waals surface area contributed by atoms with Crippen LogP contribution in [0, 0.1) is 0 Å². The monoisotopic (exact) mass is 818 g/mol. The lowest BCUT2D eigenvalue weighted by atomic mass is 10.1. The summed E-state index contributed by atoms with van der Waals surface area (Å²) in [6.07, 6.45) is 53.3. The Morgan fingerprint density at radius 1 is 0.526 bits per heavy atom. The highest BCUT2D eigenvalue weighted by atomic mass is 31.2. The van der Waals surface area contributed by atoms with Crippen LogP contribution in [0.1, 0.15) is 168 Å². The Morgan fingerprint density at radius 3 is 1.44 bits per heavy atom. The molecule has 326 valence electrons. The quantitative estimate of drug-likeness (QED) is 0.0268. The normalized spacial score (nSPS) is 14.1. The van der Waals surface area contributed by atoms with Crippen LogP contribution in [-0.2, 0) is 32.7 Å². The van der Waals surface area contributed by atoms with Crippen molar-refractivity contribution >= 4 is 19.8 Å². The summed E-state index contributed by atoms with van der Waals surface area (Å²) in [7, 11) is -4.40. The fourth-order valence-corrected chi connectivity index (χ4v) is 6.22. The second-order valence-electron chi connectivity index (χ2n) is 14.2. The van der Waals surface area contributed by atoms with Crippen molar-refractivity contribution in [3.8, 4) is 0 Å². The van der Waals surface area contributed by atoms with Gasteiger partial charge < -0.3 is 20.1 Å². The maximum absolute atomic E-state index is 12.6. The van der Waals surface area contributed by atoms with Gasteiger partial charge in [-0.25, -0.2) is 4.57 Å². The van der Waals surface area contributed by atoms with Gasteiger partial charge in [0.2, 0.25) is 0 Å². The van der Waals surface area contributed by atoms with Crippen molar-refractivity contribution in [3.63, 3.8) is 0 Å². The molecule has 0 aromatic heterocycles. The summed E-state index contributed by atoms with van der Waals surface area (Å²) in [5.41, 5.74) is 5.34. The third-order valence-electron chi connectivity index (χ3n) is 8.75. The van der Waals surface area contributed by atoms with Gasteiger partial charge in [0.25, 0.3) is 0 Å². The molecule has 0 aromatic rings. The Hall–Kier alpha value is -2.81. The highest BCUT2D eigenvalue weighted by molar-refractivity contribution is 7.47. The van der Waals surface area contributed by atoms with Crippen LogP contribution in [0.3, 0.4) is 0 Å². The molecule has 0 aliphatic carbocycles. The van der Waals surface area contributed by atoms with E-state index in [4.69, 9.17) is 24.3 Å². The molecule has 3 N–H and O–H groups in total. The molecule has 0 bridgehead atoms. The molecule has 2 atom stereocenters. The SMILES string of the molecule is CCCCCC=CCC=CCC=CCC=CCCCCCC(=O)OC[C@H](COP(=O)(O)OCCN)OC(=O)CCCC=CCC=CCC=CCCCCCCCC. The average Bonchev–Trinajstić information content (AvgIpc) is 3.20. The summed E-state index contributed by atoms with van der Waals surface area (Å²) >= 11 is 0. The minimum absolute atomic E-state index is 0.0366. The predicted molar refractivity (Wildman–Crippen MR) is 238 cm³/mol. The largest absolute Gasteiger partial charge is 0.472 e. The van der Waals surface area contributed by atoms with Crippen LogP contribution < -0.4 is 5.73 Å². The molecule has 0 radical (unpaired) electrons. The van der Waals surface area contributed by atoms with Gasteiger partial charge in [-0.1, -0.05) is 150 Å². The number of allylic oxidation sites excluding steroid dienone is 14. The first-order valence-electron chi connectivity index (χ1n) is 22.1. The Kier molecular flexibility index (Phi) is 40.7. The molecule has 0 amide bonds. The number of carbonyl (C=O) groups is 2. The number of hydrogen-bond acceptors (Lipinski definition) is 8. The Balaban J connectivity index is 4.31. The van der Waals surface area contributed by atoms with Crippen molar-refractivity contribution in [2.24, 2.45) is 5.73 Å². The standard InChI is InChI=1S/C47H80NO8P/c1-3-5-7-9-11-13-15-17-19-21-22-24-25-27-29-31-33-35-37-39-46(49)53-43-45(44-55-57(51,52)54-42-41-48)56-47(50)40-38-36-34-32-30-28-26-23-20-18-16-14-12-10-8-6-4-2/h11,13,17-20,22,24,26-29,32,34,45H,3-10,12,14-16,21,23,25,30-31,33,35-44,48H2,1-2H3,(H,51,52)/t45-/m1/s1. The maximum Gasteiger partial charge on any atom is 0.472 e. The molecule has 0 heterocycles. The molecular weight excluding hydrogens is 737 g/mol. The van der Waals surface area contributed by atoms with Crippen LogP contribution in [0.2, 0.25) is 0 Å². The van der Waals surface area contributed by atoms with Gasteiger partial charge in [-0.3, -0.25) is 18.6 Å². The average molecular weight is 818 g/mol. The number of esters is 2. The summed E-state index contributed by atoms with van der Waals surface area (Å²) < 4.78 is 32.7. The van der Waals surface area contributed by atoms with Crippen molar-refractivity contribution in [2.45, 2.75) is 174 Å². The van der Waals surface area contributed by atoms with Gasteiger partial charge in [0.1, 0.15) is 6.61 Å². The van der Waals surface area contributed by atoms with E-state index in [1.54, 1.807) is 0 Å². The van der Waals surface area contributed by atoms with Crippen LogP contribution in [0.15, 0.2) is 85.1 Å². The van der Waals surface area contributed by atoms with Gasteiger partial charge in [0.15, 0.2) is 6.10 Å². The number of phosphoric acid groups is 1. The van der Waals surface area contributed by atoms with E-state index in [0.29, 0.717) is 19.3 Å². The maximum atomic E-state index is 12.6. The lowest BCUT2D eigenvalue weighted by Gasteiger charge is -2.19. The van der Waals surface area contributed by atoms with Crippen molar-refractivity contribution in [3.05, 3.63) is 85.1 Å². The highest BCUT2D eigenvalue weighted by Gasteiger charge is 2.25. The molecule has 0 rings (SSSR count). The van der Waals surface area contributed by atoms with Crippen LogP contribution in [0.4, 0.5) is 0 Å². The number of hydrogen-bond donors (Lipinski definition) is 2. The van der Waals surface area contributed by atoms with Crippen LogP contribution in [0.25, 0.3) is 0 Å². The van der Waals surface area contributed by atoms with E-state index >= 15 is 0 Å². The Labute approximate surface area is 347 Å². The van der Waals surface area contributed by atoms with Crippen molar-refractivity contribution in [1.29, 1.82) is 0 Å². The van der Waals surface area contributed by atoms with E-state index in [0.717, 1.165) is 57.8 Å². The molecule has 57 heavy (non-hydrogen) atoms. The Morgan fingerprint density at radius 2 is 0.930 bits per heavy atom. The molecule has 0 aromatic carbocycles. The second kappa shape index (κ2) is 42.8. The molecule has 10 heteroatoms. The molecule has 0 fully saturated rings. The number of phosphoric ester groups is 1. The fourth-order valence-electron chi connectivity index (χ4n) is 5.46. The molecule has 0 saturated heterocycles. The minimum Gasteiger partial charge on any atom is -0.462 e. The predicted octanol–water partition coefficient (Wildman–Crippen LogP) is 12.8. The van der Waals surface area contributed by atoms with Crippen molar-refractivity contribution in [2.75, 3.05) is 26.4 Å². The van der Waals surface area contributed by atoms with Crippen LogP contribution >= 0.6 is 7.82 Å². The van der Waals surface area contributed by atoms with Gasteiger partial charge in [-0.15, -0.1) is 0 Å². The van der Waals surface area contributed by atoms with E-state index < -0.39 is 32.5 Å². The first kappa shape index (κ1) is 54.2. The smallest absolute Gasteiger partial charge is 0.462 e. The summed E-state index contributed by atoms with van der Waals surface area (Å²) in [5, 5.41) is 0. The van der Waals surface area contributed by atoms with Crippen molar-refractivity contribution in [1.82, 2.24) is 0 Å². The highest BCUT2D eigenvalue weighted by Crippen LogP contribution is 2.43. The number of nitrogens with two attached hydrogens (primary N) is 1. The molecule has 0 aliphatic rings. The fraction of sp³-hybridized carbons (Fsp3) is 0.660. The van der Waals surface area contributed by atoms with E-state index in [-0.39, 0.29) is 32.6 Å². The molecule has 0 spiro atoms. The van der Waals surface area contributed by atoms with Gasteiger partial charge in [-0.05, 0) is 89.9 Å². The van der Waals surface area contributed by atoms with Crippen LogP contribution in [0.5, 0.6) is 0 Å². The Bertz CT molecular complexity index is 1210. The molecule has 9 nitrogen and oxygen atoms in total. The van der Waals surface area contributed by atoms with E-state index in [9.17, 15) is 19.0 Å². The summed E-state index contributed by atoms with van der Waals surface area (Å²) in [6.45, 7) is 3.58. The zero-order valence-corrected chi connectivity index (χ0v) is 36.7. The third-order valence-corrected chi connectivity index (χ3v) is 9.74.